The zero-order valence-electron chi connectivity index (χ0n) is 23.3. The number of aryl methyl sites for hydroxylation is 1. The summed E-state index contributed by atoms with van der Waals surface area (Å²) in [7, 11) is -4.27. The first-order valence-electron chi connectivity index (χ1n) is 12.9. The van der Waals surface area contributed by atoms with Gasteiger partial charge in [-0.05, 0) is 70.0 Å². The molecule has 0 radical (unpaired) electrons. The van der Waals surface area contributed by atoms with E-state index in [1.54, 1.807) is 25.1 Å². The summed E-state index contributed by atoms with van der Waals surface area (Å²) in [5, 5.41) is 2.65. The molecular formula is C30H35ClFN3O4S. The van der Waals surface area contributed by atoms with Crippen LogP contribution in [0.3, 0.4) is 0 Å². The van der Waals surface area contributed by atoms with Crippen molar-refractivity contribution in [3.05, 3.63) is 94.8 Å². The molecule has 7 nitrogen and oxygen atoms in total. The van der Waals surface area contributed by atoms with Crippen LogP contribution in [0.5, 0.6) is 0 Å². The SMILES string of the molecule is CCC(C(=O)NC(C)(C)C)N(Cc1cccc(C)c1)C(=O)CN(c1ccc(F)c(Cl)c1)S(=O)(=O)c1ccccc1. The molecular weight excluding hydrogens is 553 g/mol. The van der Waals surface area contributed by atoms with Crippen molar-refractivity contribution in [2.75, 3.05) is 10.8 Å². The van der Waals surface area contributed by atoms with Gasteiger partial charge in [0.15, 0.2) is 0 Å². The van der Waals surface area contributed by atoms with Crippen LogP contribution in [-0.2, 0) is 26.2 Å². The lowest BCUT2D eigenvalue weighted by molar-refractivity contribution is -0.141. The second kappa shape index (κ2) is 12.8. The van der Waals surface area contributed by atoms with Gasteiger partial charge in [0.1, 0.15) is 18.4 Å². The van der Waals surface area contributed by atoms with Crippen molar-refractivity contribution in [3.8, 4) is 0 Å². The maximum atomic E-state index is 14.0. The van der Waals surface area contributed by atoms with Gasteiger partial charge in [0.05, 0.1) is 15.6 Å². The third-order valence-electron chi connectivity index (χ3n) is 6.12. The smallest absolute Gasteiger partial charge is 0.264 e. The zero-order chi connectivity index (χ0) is 29.7. The highest BCUT2D eigenvalue weighted by Gasteiger charge is 2.34. The summed E-state index contributed by atoms with van der Waals surface area (Å²) in [5.41, 5.74) is 1.24. The van der Waals surface area contributed by atoms with Crippen LogP contribution in [-0.4, -0.2) is 43.3 Å². The van der Waals surface area contributed by atoms with Gasteiger partial charge in [-0.2, -0.15) is 0 Å². The van der Waals surface area contributed by atoms with E-state index in [0.717, 1.165) is 21.5 Å². The van der Waals surface area contributed by atoms with Crippen LogP contribution in [0.4, 0.5) is 10.1 Å². The standard InChI is InChI=1S/C30H35ClFN3O4S/c1-6-27(29(37)33-30(3,4)5)34(19-22-12-10-11-21(2)17-22)28(36)20-35(23-15-16-26(32)25(31)18-23)40(38,39)24-13-8-7-9-14-24/h7-18,27H,6,19-20H2,1-5H3,(H,33,37). The Morgan fingerprint density at radius 3 is 2.25 bits per heavy atom. The summed E-state index contributed by atoms with van der Waals surface area (Å²) in [4.78, 5) is 28.7. The highest BCUT2D eigenvalue weighted by molar-refractivity contribution is 7.92. The van der Waals surface area contributed by atoms with Crippen molar-refractivity contribution in [3.63, 3.8) is 0 Å². The third-order valence-corrected chi connectivity index (χ3v) is 8.20. The Hall–Kier alpha value is -3.43. The minimum atomic E-state index is -4.27. The van der Waals surface area contributed by atoms with Gasteiger partial charge < -0.3 is 10.2 Å². The molecule has 40 heavy (non-hydrogen) atoms. The molecule has 0 heterocycles. The number of amides is 2. The lowest BCUT2D eigenvalue weighted by Gasteiger charge is -2.35. The number of halogens is 2. The van der Waals surface area contributed by atoms with Gasteiger partial charge in [0.25, 0.3) is 10.0 Å². The van der Waals surface area contributed by atoms with E-state index in [0.29, 0.717) is 6.42 Å². The number of carbonyl (C=O) groups excluding carboxylic acids is 2. The molecule has 0 aliphatic rings. The van der Waals surface area contributed by atoms with Crippen molar-refractivity contribution in [2.24, 2.45) is 0 Å². The Labute approximate surface area is 241 Å². The predicted octanol–water partition coefficient (Wildman–Crippen LogP) is 5.70. The first-order valence-corrected chi connectivity index (χ1v) is 14.7. The van der Waals surface area contributed by atoms with Gasteiger partial charge in [-0.1, -0.05) is 66.6 Å². The fourth-order valence-electron chi connectivity index (χ4n) is 4.27. The number of carbonyl (C=O) groups is 2. The molecule has 0 aliphatic heterocycles. The molecule has 0 saturated carbocycles. The first kappa shape index (κ1) is 31.1. The fourth-order valence-corrected chi connectivity index (χ4v) is 5.87. The highest BCUT2D eigenvalue weighted by atomic mass is 35.5. The van der Waals surface area contributed by atoms with Gasteiger partial charge in [-0.3, -0.25) is 13.9 Å². The summed E-state index contributed by atoms with van der Waals surface area (Å²) >= 11 is 6.01. The molecule has 10 heteroatoms. The normalized spacial score (nSPS) is 12.5. The Morgan fingerprint density at radius 1 is 1.00 bits per heavy atom. The molecule has 3 aromatic rings. The first-order chi connectivity index (χ1) is 18.7. The quantitative estimate of drug-likeness (QED) is 0.329. The van der Waals surface area contributed by atoms with Crippen LogP contribution in [0.15, 0.2) is 77.7 Å². The Bertz CT molecular complexity index is 1460. The van der Waals surface area contributed by atoms with E-state index in [-0.39, 0.29) is 28.1 Å². The lowest BCUT2D eigenvalue weighted by atomic mass is 10.0. The average molecular weight is 588 g/mol. The van der Waals surface area contributed by atoms with Crippen LogP contribution < -0.4 is 9.62 Å². The van der Waals surface area contributed by atoms with Gasteiger partial charge in [-0.25, -0.2) is 12.8 Å². The van der Waals surface area contributed by atoms with E-state index >= 15 is 0 Å². The number of anilines is 1. The topological polar surface area (TPSA) is 86.8 Å². The molecule has 0 aliphatic carbocycles. The zero-order valence-corrected chi connectivity index (χ0v) is 24.9. The van der Waals surface area contributed by atoms with E-state index in [1.807, 2.05) is 52.0 Å². The maximum Gasteiger partial charge on any atom is 0.264 e. The molecule has 0 aromatic heterocycles. The molecule has 1 atom stereocenters. The average Bonchev–Trinajstić information content (AvgIpc) is 2.88. The summed E-state index contributed by atoms with van der Waals surface area (Å²) in [6, 6.07) is 17.8. The number of sulfonamides is 1. The number of nitrogens with zero attached hydrogens (tertiary/aromatic N) is 2. The molecule has 3 aromatic carbocycles. The second-order valence-corrected chi connectivity index (χ2v) is 12.9. The largest absolute Gasteiger partial charge is 0.350 e. The van der Waals surface area contributed by atoms with Crippen molar-refractivity contribution in [1.82, 2.24) is 10.2 Å². The molecule has 0 fully saturated rings. The van der Waals surface area contributed by atoms with E-state index in [4.69, 9.17) is 11.6 Å². The van der Waals surface area contributed by atoms with Crippen molar-refractivity contribution >= 4 is 39.1 Å². The van der Waals surface area contributed by atoms with Gasteiger partial charge in [0, 0.05) is 12.1 Å². The van der Waals surface area contributed by atoms with Crippen molar-refractivity contribution < 1.29 is 22.4 Å². The Morgan fingerprint density at radius 2 is 1.68 bits per heavy atom. The molecule has 2 amide bonds. The molecule has 1 unspecified atom stereocenters. The van der Waals surface area contributed by atoms with Gasteiger partial charge >= 0.3 is 0 Å². The summed E-state index contributed by atoms with van der Waals surface area (Å²) < 4.78 is 42.5. The molecule has 214 valence electrons. The summed E-state index contributed by atoms with van der Waals surface area (Å²) in [5.74, 6) is -1.67. The van der Waals surface area contributed by atoms with E-state index in [2.05, 4.69) is 5.32 Å². The predicted molar refractivity (Wildman–Crippen MR) is 156 cm³/mol. The highest BCUT2D eigenvalue weighted by Crippen LogP contribution is 2.28. The number of hydrogen-bond donors (Lipinski definition) is 1. The maximum absolute atomic E-state index is 14.0. The Kier molecular flexibility index (Phi) is 9.97. The van der Waals surface area contributed by atoms with Crippen LogP contribution in [0.1, 0.15) is 45.2 Å². The number of hydrogen-bond acceptors (Lipinski definition) is 4. The molecule has 0 spiro atoms. The minimum absolute atomic E-state index is 0.0197. The van der Waals surface area contributed by atoms with Crippen molar-refractivity contribution in [1.29, 1.82) is 0 Å². The van der Waals surface area contributed by atoms with Gasteiger partial charge in [0.2, 0.25) is 11.8 Å². The number of benzene rings is 3. The van der Waals surface area contributed by atoms with E-state index in [1.165, 1.54) is 29.2 Å². The van der Waals surface area contributed by atoms with E-state index in [9.17, 15) is 22.4 Å². The molecule has 3 rings (SSSR count). The van der Waals surface area contributed by atoms with Crippen molar-refractivity contribution in [2.45, 2.75) is 64.1 Å². The minimum Gasteiger partial charge on any atom is -0.350 e. The number of rotatable bonds is 10. The van der Waals surface area contributed by atoms with Crippen LogP contribution in [0.2, 0.25) is 5.02 Å². The molecule has 0 saturated heterocycles. The van der Waals surface area contributed by atoms with E-state index < -0.39 is 39.9 Å². The lowest BCUT2D eigenvalue weighted by Crippen LogP contribution is -2.55. The summed E-state index contributed by atoms with van der Waals surface area (Å²) in [6.07, 6.45) is 0.299. The summed E-state index contributed by atoms with van der Waals surface area (Å²) in [6.45, 7) is 8.70. The van der Waals surface area contributed by atoms with Crippen LogP contribution in [0.25, 0.3) is 0 Å². The third kappa shape index (κ3) is 7.82. The van der Waals surface area contributed by atoms with Gasteiger partial charge in [-0.15, -0.1) is 0 Å². The molecule has 1 N–H and O–H groups in total. The van der Waals surface area contributed by atoms with Crippen LogP contribution in [0, 0.1) is 12.7 Å². The molecule has 0 bridgehead atoms. The fraction of sp³-hybridized carbons (Fsp3) is 0.333. The monoisotopic (exact) mass is 587 g/mol. The second-order valence-electron chi connectivity index (χ2n) is 10.6. The Balaban J connectivity index is 2.09. The van der Waals surface area contributed by atoms with Crippen LogP contribution >= 0.6 is 11.6 Å². The number of nitrogens with one attached hydrogen (secondary N) is 1.